The molecule has 0 aliphatic rings. The maximum Gasteiger partial charge on any atom is 0.251 e. The Morgan fingerprint density at radius 1 is 0.844 bits per heavy atom. The second-order valence-electron chi connectivity index (χ2n) is 7.63. The van der Waals surface area contributed by atoms with Gasteiger partial charge in [0.1, 0.15) is 18.1 Å². The molecule has 4 aromatic rings. The molecule has 4 rings (SSSR count). The Hall–Kier alpha value is -3.79. The van der Waals surface area contributed by atoms with Gasteiger partial charge in [-0.1, -0.05) is 66.7 Å². The van der Waals surface area contributed by atoms with E-state index >= 15 is 0 Å². The summed E-state index contributed by atoms with van der Waals surface area (Å²) < 4.78 is 12.0. The summed E-state index contributed by atoms with van der Waals surface area (Å²) in [6.45, 7) is 4.76. The average molecular weight is 426 g/mol. The van der Waals surface area contributed by atoms with Crippen molar-refractivity contribution >= 4 is 16.7 Å². The third-order valence-electron chi connectivity index (χ3n) is 5.40. The quantitative estimate of drug-likeness (QED) is 0.360. The van der Waals surface area contributed by atoms with Crippen LogP contribution in [0.3, 0.4) is 0 Å². The lowest BCUT2D eigenvalue weighted by Crippen LogP contribution is -2.26. The molecule has 162 valence electrons. The predicted octanol–water partition coefficient (Wildman–Crippen LogP) is 6.31. The minimum Gasteiger partial charge on any atom is -0.493 e. The van der Waals surface area contributed by atoms with Gasteiger partial charge in [-0.05, 0) is 49.1 Å². The molecule has 0 fully saturated rings. The third-order valence-corrected chi connectivity index (χ3v) is 5.40. The highest BCUT2D eigenvalue weighted by molar-refractivity contribution is 5.95. The fraction of sp³-hybridized carbons (Fsp3) is 0.179. The number of ether oxygens (including phenoxy) is 2. The second-order valence-corrected chi connectivity index (χ2v) is 7.63. The Kier molecular flexibility index (Phi) is 6.71. The molecule has 32 heavy (non-hydrogen) atoms. The summed E-state index contributed by atoms with van der Waals surface area (Å²) in [7, 11) is 0. The Bertz CT molecular complexity index is 1200. The maximum absolute atomic E-state index is 12.9. The van der Waals surface area contributed by atoms with Gasteiger partial charge in [0.2, 0.25) is 0 Å². The van der Waals surface area contributed by atoms with Crippen LogP contribution in [-0.2, 0) is 6.61 Å². The Morgan fingerprint density at radius 3 is 2.41 bits per heavy atom. The zero-order valence-electron chi connectivity index (χ0n) is 18.4. The summed E-state index contributed by atoms with van der Waals surface area (Å²) in [4.78, 5) is 12.9. The molecule has 4 heteroatoms. The van der Waals surface area contributed by atoms with Crippen LogP contribution in [0.1, 0.15) is 41.4 Å². The van der Waals surface area contributed by atoms with Crippen molar-refractivity contribution in [3.63, 3.8) is 0 Å². The SMILES string of the molecule is CCOc1ccc(C(=O)N[C@@H](C)c2ccccc2)cc1COc1cccc2ccccc12. The fourth-order valence-corrected chi connectivity index (χ4v) is 3.71. The number of fused-ring (bicyclic) bond motifs is 1. The summed E-state index contributed by atoms with van der Waals surface area (Å²) in [5.74, 6) is 1.40. The molecule has 1 N–H and O–H groups in total. The summed E-state index contributed by atoms with van der Waals surface area (Å²) in [5, 5.41) is 5.25. The van der Waals surface area contributed by atoms with Gasteiger partial charge in [-0.25, -0.2) is 0 Å². The van der Waals surface area contributed by atoms with E-state index in [1.54, 1.807) is 6.07 Å². The van der Waals surface area contributed by atoms with E-state index < -0.39 is 0 Å². The first-order chi connectivity index (χ1) is 15.7. The molecule has 0 saturated carbocycles. The van der Waals surface area contributed by atoms with Gasteiger partial charge in [-0.3, -0.25) is 4.79 Å². The van der Waals surface area contributed by atoms with Gasteiger partial charge in [-0.15, -0.1) is 0 Å². The number of carbonyl (C=O) groups excluding carboxylic acids is 1. The average Bonchev–Trinajstić information content (AvgIpc) is 2.84. The van der Waals surface area contributed by atoms with Gasteiger partial charge in [0.05, 0.1) is 12.6 Å². The van der Waals surface area contributed by atoms with Crippen molar-refractivity contribution in [2.45, 2.75) is 26.5 Å². The van der Waals surface area contributed by atoms with Crippen LogP contribution in [0, 0.1) is 0 Å². The number of amides is 1. The number of hydrogen-bond donors (Lipinski definition) is 1. The van der Waals surface area contributed by atoms with Gasteiger partial charge < -0.3 is 14.8 Å². The standard InChI is InChI=1S/C28H27NO3/c1-3-31-26-17-16-23(28(30)29-20(2)21-10-5-4-6-11-21)18-24(26)19-32-27-15-9-13-22-12-7-8-14-25(22)27/h4-18,20H,3,19H2,1-2H3,(H,29,30)/t20-/m0/s1. The molecule has 1 amide bonds. The molecule has 0 bridgehead atoms. The first-order valence-electron chi connectivity index (χ1n) is 10.9. The summed E-state index contributed by atoms with van der Waals surface area (Å²) in [6.07, 6.45) is 0. The number of benzene rings is 4. The van der Waals surface area contributed by atoms with Crippen LogP contribution in [-0.4, -0.2) is 12.5 Å². The highest BCUT2D eigenvalue weighted by Gasteiger charge is 2.15. The molecule has 0 aliphatic heterocycles. The van der Waals surface area contributed by atoms with E-state index in [1.165, 1.54) is 0 Å². The number of nitrogens with one attached hydrogen (secondary N) is 1. The molecule has 0 aromatic heterocycles. The molecule has 0 spiro atoms. The van der Waals surface area contributed by atoms with Crippen molar-refractivity contribution in [3.05, 3.63) is 108 Å². The molecular weight excluding hydrogens is 398 g/mol. The van der Waals surface area contributed by atoms with E-state index in [0.717, 1.165) is 33.4 Å². The maximum atomic E-state index is 12.9. The van der Waals surface area contributed by atoms with Crippen molar-refractivity contribution in [1.29, 1.82) is 0 Å². The summed E-state index contributed by atoms with van der Waals surface area (Å²) >= 11 is 0. The van der Waals surface area contributed by atoms with Crippen LogP contribution >= 0.6 is 0 Å². The first kappa shape index (κ1) is 21.4. The highest BCUT2D eigenvalue weighted by Crippen LogP contribution is 2.28. The van der Waals surface area contributed by atoms with Gasteiger partial charge in [-0.2, -0.15) is 0 Å². The van der Waals surface area contributed by atoms with E-state index in [2.05, 4.69) is 17.4 Å². The molecule has 0 radical (unpaired) electrons. The summed E-state index contributed by atoms with van der Waals surface area (Å²) in [5.41, 5.74) is 2.47. The van der Waals surface area contributed by atoms with E-state index in [0.29, 0.717) is 18.8 Å². The van der Waals surface area contributed by atoms with Crippen LogP contribution < -0.4 is 14.8 Å². The van der Waals surface area contributed by atoms with Crippen molar-refractivity contribution in [2.24, 2.45) is 0 Å². The zero-order chi connectivity index (χ0) is 22.3. The zero-order valence-corrected chi connectivity index (χ0v) is 18.4. The summed E-state index contributed by atoms with van der Waals surface area (Å²) in [6, 6.07) is 29.4. The largest absolute Gasteiger partial charge is 0.493 e. The lowest BCUT2D eigenvalue weighted by atomic mass is 10.1. The van der Waals surface area contributed by atoms with Gasteiger partial charge in [0, 0.05) is 16.5 Å². The Balaban J connectivity index is 1.54. The molecule has 0 heterocycles. The molecule has 1 atom stereocenters. The van der Waals surface area contributed by atoms with E-state index in [4.69, 9.17) is 9.47 Å². The van der Waals surface area contributed by atoms with E-state index in [1.807, 2.05) is 86.6 Å². The normalized spacial score (nSPS) is 11.7. The topological polar surface area (TPSA) is 47.6 Å². The fourth-order valence-electron chi connectivity index (χ4n) is 3.71. The molecule has 0 aliphatic carbocycles. The minimum absolute atomic E-state index is 0.0920. The van der Waals surface area contributed by atoms with Crippen LogP contribution in [0.4, 0.5) is 0 Å². The van der Waals surface area contributed by atoms with E-state index in [9.17, 15) is 4.79 Å². The molecule has 4 nitrogen and oxygen atoms in total. The van der Waals surface area contributed by atoms with Gasteiger partial charge in [0.15, 0.2) is 0 Å². The molecule has 0 unspecified atom stereocenters. The van der Waals surface area contributed by atoms with Crippen LogP contribution in [0.2, 0.25) is 0 Å². The number of hydrogen-bond acceptors (Lipinski definition) is 3. The second kappa shape index (κ2) is 10.0. The number of carbonyl (C=O) groups is 1. The molecule has 4 aromatic carbocycles. The molecule has 0 saturated heterocycles. The predicted molar refractivity (Wildman–Crippen MR) is 128 cm³/mol. The smallest absolute Gasteiger partial charge is 0.251 e. The van der Waals surface area contributed by atoms with Crippen molar-refractivity contribution in [2.75, 3.05) is 6.61 Å². The monoisotopic (exact) mass is 425 g/mol. The Morgan fingerprint density at radius 2 is 1.59 bits per heavy atom. The van der Waals surface area contributed by atoms with Gasteiger partial charge >= 0.3 is 0 Å². The first-order valence-corrected chi connectivity index (χ1v) is 10.9. The highest BCUT2D eigenvalue weighted by atomic mass is 16.5. The molecular formula is C28H27NO3. The van der Waals surface area contributed by atoms with E-state index in [-0.39, 0.29) is 11.9 Å². The van der Waals surface area contributed by atoms with Crippen molar-refractivity contribution in [1.82, 2.24) is 5.32 Å². The lowest BCUT2D eigenvalue weighted by Gasteiger charge is -2.17. The minimum atomic E-state index is -0.129. The van der Waals surface area contributed by atoms with Crippen LogP contribution in [0.25, 0.3) is 10.8 Å². The van der Waals surface area contributed by atoms with Crippen LogP contribution in [0.5, 0.6) is 11.5 Å². The third kappa shape index (κ3) is 4.92. The van der Waals surface area contributed by atoms with Gasteiger partial charge in [0.25, 0.3) is 5.91 Å². The Labute approximate surface area is 188 Å². The van der Waals surface area contributed by atoms with Crippen molar-refractivity contribution in [3.8, 4) is 11.5 Å². The van der Waals surface area contributed by atoms with Crippen molar-refractivity contribution < 1.29 is 14.3 Å². The lowest BCUT2D eigenvalue weighted by molar-refractivity contribution is 0.0939. The van der Waals surface area contributed by atoms with Crippen LogP contribution in [0.15, 0.2) is 91.0 Å². The number of rotatable bonds is 8.